The van der Waals surface area contributed by atoms with Gasteiger partial charge in [0, 0.05) is 11.3 Å². The van der Waals surface area contributed by atoms with Crippen LogP contribution in [-0.2, 0) is 4.74 Å². The number of ether oxygens (including phenoxy) is 2. The first-order chi connectivity index (χ1) is 9.63. The first-order valence-electron chi connectivity index (χ1n) is 5.88. The number of carbonyl (C=O) groups is 2. The quantitative estimate of drug-likeness (QED) is 0.859. The number of amides is 1. The molecule has 6 nitrogen and oxygen atoms in total. The molecule has 0 spiro atoms. The highest BCUT2D eigenvalue weighted by molar-refractivity contribution is 8.14. The molecule has 1 aromatic carbocycles. The Morgan fingerprint density at radius 1 is 1.30 bits per heavy atom. The third-order valence-electron chi connectivity index (χ3n) is 2.72. The van der Waals surface area contributed by atoms with Crippen molar-refractivity contribution in [3.63, 3.8) is 0 Å². The first-order valence-corrected chi connectivity index (χ1v) is 6.86. The lowest BCUT2D eigenvalue weighted by molar-refractivity contribution is 0.0971. The molecule has 0 fully saturated rings. The molecule has 0 bridgehead atoms. The van der Waals surface area contributed by atoms with Crippen molar-refractivity contribution in [2.45, 2.75) is 6.04 Å². The summed E-state index contributed by atoms with van der Waals surface area (Å²) in [4.78, 5) is 27.5. The molecule has 7 heteroatoms. The molecule has 1 atom stereocenters. The minimum absolute atomic E-state index is 0.0816. The summed E-state index contributed by atoms with van der Waals surface area (Å²) in [5, 5.41) is 2.87. The summed E-state index contributed by atoms with van der Waals surface area (Å²) in [7, 11) is 2.84. The van der Waals surface area contributed by atoms with Crippen molar-refractivity contribution in [3.8, 4) is 5.75 Å². The molecule has 1 aromatic rings. The highest BCUT2D eigenvalue weighted by Crippen LogP contribution is 2.21. The van der Waals surface area contributed by atoms with Crippen molar-refractivity contribution in [2.75, 3.05) is 20.0 Å². The van der Waals surface area contributed by atoms with Gasteiger partial charge in [-0.2, -0.15) is 0 Å². The van der Waals surface area contributed by atoms with Gasteiger partial charge in [0.05, 0.1) is 14.2 Å². The molecule has 1 heterocycles. The van der Waals surface area contributed by atoms with Gasteiger partial charge in [-0.05, 0) is 24.3 Å². The number of methoxy groups -OCH3 is 2. The average Bonchev–Trinajstić information content (AvgIpc) is 2.95. The number of alkyl carbamates (subject to hydrolysis) is 1. The highest BCUT2D eigenvalue weighted by atomic mass is 32.2. The van der Waals surface area contributed by atoms with E-state index in [9.17, 15) is 9.59 Å². The zero-order chi connectivity index (χ0) is 14.5. The van der Waals surface area contributed by atoms with Crippen molar-refractivity contribution in [1.29, 1.82) is 0 Å². The number of hydrogen-bond donors (Lipinski definition) is 1. The standard InChI is InChI=1S/C13H14N2O4S/c1-18-9-5-3-8(4-6-9)11(16)10-7-20-12(14-10)15-13(17)19-2/h3-6,10H,7H2,1-2H3,(H,14,15,17). The average molecular weight is 294 g/mol. The Hall–Kier alpha value is -2.02. The van der Waals surface area contributed by atoms with Gasteiger partial charge in [0.1, 0.15) is 11.8 Å². The van der Waals surface area contributed by atoms with E-state index in [1.165, 1.54) is 18.9 Å². The van der Waals surface area contributed by atoms with E-state index in [2.05, 4.69) is 15.0 Å². The van der Waals surface area contributed by atoms with Gasteiger partial charge in [-0.15, -0.1) is 0 Å². The normalized spacial score (nSPS) is 17.3. The monoisotopic (exact) mass is 294 g/mol. The zero-order valence-electron chi connectivity index (χ0n) is 11.1. The molecular formula is C13H14N2O4S. The molecule has 0 radical (unpaired) electrons. The fourth-order valence-corrected chi connectivity index (χ4v) is 2.56. The fourth-order valence-electron chi connectivity index (χ4n) is 1.66. The van der Waals surface area contributed by atoms with Gasteiger partial charge in [-0.3, -0.25) is 10.1 Å². The van der Waals surface area contributed by atoms with Crippen molar-refractivity contribution in [3.05, 3.63) is 29.8 Å². The maximum absolute atomic E-state index is 12.2. The van der Waals surface area contributed by atoms with E-state index in [0.717, 1.165) is 0 Å². The molecule has 20 heavy (non-hydrogen) atoms. The van der Waals surface area contributed by atoms with Crippen LogP contribution in [0.2, 0.25) is 0 Å². The second-order valence-corrected chi connectivity index (χ2v) is 4.98. The third-order valence-corrected chi connectivity index (χ3v) is 3.69. The van der Waals surface area contributed by atoms with Gasteiger partial charge < -0.3 is 9.47 Å². The van der Waals surface area contributed by atoms with Crippen molar-refractivity contribution in [1.82, 2.24) is 5.32 Å². The molecule has 0 saturated heterocycles. The largest absolute Gasteiger partial charge is 0.497 e. The smallest absolute Gasteiger partial charge is 0.412 e. The number of carbonyl (C=O) groups excluding carboxylic acids is 2. The fraction of sp³-hybridized carbons (Fsp3) is 0.308. The molecule has 1 unspecified atom stereocenters. The van der Waals surface area contributed by atoms with Crippen molar-refractivity contribution in [2.24, 2.45) is 4.99 Å². The number of rotatable bonds is 3. The maximum Gasteiger partial charge on any atom is 0.412 e. The molecule has 1 amide bonds. The van der Waals surface area contributed by atoms with Gasteiger partial charge >= 0.3 is 6.09 Å². The van der Waals surface area contributed by atoms with Crippen LogP contribution in [0.3, 0.4) is 0 Å². The Bertz CT molecular complexity index is 542. The topological polar surface area (TPSA) is 77.0 Å². The summed E-state index contributed by atoms with van der Waals surface area (Å²) in [5.74, 6) is 1.12. The Balaban J connectivity index is 2.04. The Morgan fingerprint density at radius 3 is 2.60 bits per heavy atom. The lowest BCUT2D eigenvalue weighted by Gasteiger charge is -2.05. The van der Waals surface area contributed by atoms with Gasteiger partial charge in [0.25, 0.3) is 0 Å². The predicted octanol–water partition coefficient (Wildman–Crippen LogP) is 1.71. The molecule has 1 aliphatic rings. The first kappa shape index (κ1) is 14.4. The second-order valence-electron chi connectivity index (χ2n) is 3.97. The van der Waals surface area contributed by atoms with Crippen LogP contribution >= 0.6 is 11.8 Å². The number of thioether (sulfide) groups is 1. The summed E-state index contributed by atoms with van der Waals surface area (Å²) < 4.78 is 9.52. The number of nitrogens with one attached hydrogen (secondary N) is 1. The van der Waals surface area contributed by atoms with Gasteiger partial charge in [-0.1, -0.05) is 11.8 Å². The van der Waals surface area contributed by atoms with E-state index in [1.54, 1.807) is 31.4 Å². The lowest BCUT2D eigenvalue weighted by Crippen LogP contribution is -2.27. The van der Waals surface area contributed by atoms with Gasteiger partial charge in [-0.25, -0.2) is 9.79 Å². The summed E-state index contributed by atoms with van der Waals surface area (Å²) in [5.41, 5.74) is 0.569. The number of aliphatic imine (C=N–C) groups is 1. The van der Waals surface area contributed by atoms with Gasteiger partial charge in [0.2, 0.25) is 0 Å². The molecular weight excluding hydrogens is 280 g/mol. The molecule has 1 N–H and O–H groups in total. The van der Waals surface area contributed by atoms with Crippen LogP contribution in [0, 0.1) is 0 Å². The van der Waals surface area contributed by atoms with E-state index in [-0.39, 0.29) is 5.78 Å². The maximum atomic E-state index is 12.2. The highest BCUT2D eigenvalue weighted by Gasteiger charge is 2.27. The molecule has 0 aromatic heterocycles. The Labute approximate surface area is 120 Å². The van der Waals surface area contributed by atoms with Crippen molar-refractivity contribution < 1.29 is 19.1 Å². The van der Waals surface area contributed by atoms with Crippen molar-refractivity contribution >= 4 is 28.8 Å². The molecule has 106 valence electrons. The predicted molar refractivity (Wildman–Crippen MR) is 76.5 cm³/mol. The summed E-state index contributed by atoms with van der Waals surface area (Å²) in [6, 6.07) is 6.37. The van der Waals surface area contributed by atoms with E-state index >= 15 is 0 Å². The van der Waals surface area contributed by atoms with Gasteiger partial charge in [0.15, 0.2) is 11.0 Å². The second kappa shape index (κ2) is 6.42. The summed E-state index contributed by atoms with van der Waals surface area (Å²) >= 11 is 1.32. The minimum Gasteiger partial charge on any atom is -0.497 e. The third kappa shape index (κ3) is 3.30. The van der Waals surface area contributed by atoms with E-state index in [4.69, 9.17) is 4.74 Å². The molecule has 1 aliphatic heterocycles. The number of ketones is 1. The zero-order valence-corrected chi connectivity index (χ0v) is 11.9. The van der Waals surface area contributed by atoms with Crippen LogP contribution in [-0.4, -0.2) is 43.1 Å². The number of Topliss-reactive ketones (excluding diaryl/α,β-unsaturated/α-hetero) is 1. The minimum atomic E-state index is -0.589. The lowest BCUT2D eigenvalue weighted by atomic mass is 10.1. The summed E-state index contributed by atoms with van der Waals surface area (Å²) in [6.45, 7) is 0. The van der Waals surface area contributed by atoms with Crippen LogP contribution in [0.5, 0.6) is 5.75 Å². The van der Waals surface area contributed by atoms with Crippen LogP contribution < -0.4 is 10.1 Å². The van der Waals surface area contributed by atoms with Crippen LogP contribution in [0.15, 0.2) is 29.3 Å². The Morgan fingerprint density at radius 2 is 2.00 bits per heavy atom. The SMILES string of the molecule is COC(=O)NC1=NC(C(=O)c2ccc(OC)cc2)CS1. The van der Waals surface area contributed by atoms with Crippen LogP contribution in [0.25, 0.3) is 0 Å². The number of amidine groups is 1. The number of hydrogen-bond acceptors (Lipinski definition) is 6. The van der Waals surface area contributed by atoms with E-state index in [1.807, 2.05) is 0 Å². The van der Waals surface area contributed by atoms with Crippen LogP contribution in [0.4, 0.5) is 4.79 Å². The van der Waals surface area contributed by atoms with E-state index < -0.39 is 12.1 Å². The number of nitrogens with zero attached hydrogens (tertiary/aromatic N) is 1. The van der Waals surface area contributed by atoms with E-state index in [0.29, 0.717) is 22.2 Å². The Kier molecular flexibility index (Phi) is 4.62. The summed E-state index contributed by atoms with van der Waals surface area (Å²) in [6.07, 6.45) is -0.589. The number of benzene rings is 1. The van der Waals surface area contributed by atoms with Crippen LogP contribution in [0.1, 0.15) is 10.4 Å². The molecule has 0 aliphatic carbocycles. The molecule has 2 rings (SSSR count). The molecule has 0 saturated carbocycles.